The molecule has 0 aromatic rings. The number of aliphatic carboxylic acids is 1. The quantitative estimate of drug-likeness (QED) is 0.0510. The van der Waals surface area contributed by atoms with Crippen LogP contribution in [0.4, 0.5) is 0 Å². The molecule has 0 saturated heterocycles. The summed E-state index contributed by atoms with van der Waals surface area (Å²) in [6.45, 7) is 6.49. The van der Waals surface area contributed by atoms with Crippen LogP contribution >= 0.6 is 12.6 Å². The molecule has 0 saturated carbocycles. The number of carbonyl (C=O) groups is 6. The molecule has 4 N–H and O–H groups in total. The number of hydrogen-bond donors (Lipinski definition) is 5. The number of carboxylic acids is 1. The highest BCUT2D eigenvalue weighted by molar-refractivity contribution is 7.81. The van der Waals surface area contributed by atoms with Gasteiger partial charge in [-0.05, 0) is 20.3 Å². The Labute approximate surface area is 257 Å². The van der Waals surface area contributed by atoms with Crippen molar-refractivity contribution in [2.45, 2.75) is 57.2 Å². The van der Waals surface area contributed by atoms with Gasteiger partial charge in [0.25, 0.3) is 0 Å². The normalized spacial score (nSPS) is 12.3. The van der Waals surface area contributed by atoms with Crippen molar-refractivity contribution in [3.63, 3.8) is 0 Å². The minimum atomic E-state index is -1.13. The van der Waals surface area contributed by atoms with Crippen molar-refractivity contribution in [1.82, 2.24) is 16.0 Å². The van der Waals surface area contributed by atoms with Gasteiger partial charge < -0.3 is 44.7 Å². The Morgan fingerprint density at radius 1 is 0.651 bits per heavy atom. The number of ketones is 2. The first kappa shape index (κ1) is 40.4. The zero-order valence-corrected chi connectivity index (χ0v) is 26.0. The number of thiol groups is 1. The highest BCUT2D eigenvalue weighted by Gasteiger charge is 2.19. The van der Waals surface area contributed by atoms with Gasteiger partial charge in [-0.3, -0.25) is 28.8 Å². The van der Waals surface area contributed by atoms with E-state index in [-0.39, 0.29) is 69.6 Å². The number of carboxylic acid groups (broad SMARTS) is 1. The van der Waals surface area contributed by atoms with Crippen LogP contribution in [-0.2, 0) is 52.5 Å². The first-order chi connectivity index (χ1) is 20.5. The lowest BCUT2D eigenvalue weighted by Gasteiger charge is -2.16. The van der Waals surface area contributed by atoms with E-state index < -0.39 is 35.5 Å². The molecule has 16 heteroatoms. The number of ether oxygens (including phenoxy) is 5. The average Bonchev–Trinajstić information content (AvgIpc) is 2.94. The lowest BCUT2D eigenvalue weighted by molar-refractivity contribution is -0.138. The summed E-state index contributed by atoms with van der Waals surface area (Å²) in [5.41, 5.74) is 0. The average molecular weight is 638 g/mol. The van der Waals surface area contributed by atoms with Gasteiger partial charge in [0.1, 0.15) is 5.78 Å². The van der Waals surface area contributed by atoms with Crippen LogP contribution in [0, 0.1) is 0 Å². The minimum absolute atomic E-state index is 0.0235. The first-order valence-corrected chi connectivity index (χ1v) is 14.7. The van der Waals surface area contributed by atoms with Crippen molar-refractivity contribution < 1.29 is 57.6 Å². The topological polar surface area (TPSA) is 205 Å². The highest BCUT2D eigenvalue weighted by Crippen LogP contribution is 2.02. The Morgan fingerprint density at radius 3 is 1.67 bits per heavy atom. The van der Waals surface area contributed by atoms with E-state index in [1.54, 1.807) is 0 Å². The van der Waals surface area contributed by atoms with Crippen LogP contribution < -0.4 is 16.0 Å². The van der Waals surface area contributed by atoms with Crippen LogP contribution in [0.5, 0.6) is 0 Å². The molecule has 0 aliphatic rings. The molecule has 0 aliphatic heterocycles. The predicted octanol–water partition coefficient (Wildman–Crippen LogP) is -0.702. The molecular formula is C27H47N3O12S. The Balaban J connectivity index is 3.77. The van der Waals surface area contributed by atoms with Crippen LogP contribution in [0.25, 0.3) is 0 Å². The van der Waals surface area contributed by atoms with Crippen LogP contribution in [-0.4, -0.2) is 131 Å². The molecule has 1 unspecified atom stereocenters. The molecule has 0 fully saturated rings. The number of nitrogens with one attached hydrogen (secondary N) is 3. The van der Waals surface area contributed by atoms with E-state index in [4.69, 9.17) is 28.8 Å². The summed E-state index contributed by atoms with van der Waals surface area (Å²) in [4.78, 5) is 69.1. The largest absolute Gasteiger partial charge is 0.481 e. The summed E-state index contributed by atoms with van der Waals surface area (Å²) < 4.78 is 26.6. The van der Waals surface area contributed by atoms with Crippen molar-refractivity contribution >= 4 is 47.9 Å². The van der Waals surface area contributed by atoms with Gasteiger partial charge in [0.15, 0.2) is 5.78 Å². The molecule has 0 heterocycles. The molecule has 0 aromatic carbocycles. The monoisotopic (exact) mass is 637 g/mol. The van der Waals surface area contributed by atoms with Gasteiger partial charge in [-0.2, -0.15) is 12.6 Å². The molecular weight excluding hydrogens is 590 g/mol. The summed E-state index contributed by atoms with van der Waals surface area (Å²) in [6, 6.07) is -0.810. The number of hydrogen-bond acceptors (Lipinski definition) is 12. The summed E-state index contributed by atoms with van der Waals surface area (Å²) >= 11 is 3.91. The smallest absolute Gasteiger partial charge is 0.304 e. The van der Waals surface area contributed by atoms with Gasteiger partial charge in [-0.15, -0.1) is 0 Å². The predicted molar refractivity (Wildman–Crippen MR) is 157 cm³/mol. The molecule has 2 atom stereocenters. The molecule has 43 heavy (non-hydrogen) atoms. The fourth-order valence-corrected chi connectivity index (χ4v) is 3.38. The lowest BCUT2D eigenvalue weighted by atomic mass is 10.1. The first-order valence-electron chi connectivity index (χ1n) is 14.1. The number of rotatable bonds is 29. The van der Waals surface area contributed by atoms with E-state index in [9.17, 15) is 28.8 Å². The maximum absolute atomic E-state index is 12.1. The van der Waals surface area contributed by atoms with Gasteiger partial charge in [0.2, 0.25) is 17.7 Å². The van der Waals surface area contributed by atoms with Crippen molar-refractivity contribution in [2.24, 2.45) is 0 Å². The Bertz CT molecular complexity index is 846. The third-order valence-corrected chi connectivity index (χ3v) is 5.88. The van der Waals surface area contributed by atoms with Gasteiger partial charge in [0.05, 0.1) is 83.8 Å². The molecule has 0 aromatic heterocycles. The molecule has 0 aliphatic carbocycles. The number of amides is 3. The maximum Gasteiger partial charge on any atom is 0.304 e. The van der Waals surface area contributed by atoms with Crippen LogP contribution in [0.15, 0.2) is 0 Å². The van der Waals surface area contributed by atoms with Crippen molar-refractivity contribution in [3.8, 4) is 0 Å². The van der Waals surface area contributed by atoms with E-state index >= 15 is 0 Å². The Morgan fingerprint density at radius 2 is 1.14 bits per heavy atom. The second kappa shape index (κ2) is 27.0. The zero-order chi connectivity index (χ0) is 32.3. The summed E-state index contributed by atoms with van der Waals surface area (Å²) in [5.74, 6) is -2.55. The van der Waals surface area contributed by atoms with E-state index in [1.807, 2.05) is 0 Å². The Hall–Kier alpha value is -2.63. The lowest BCUT2D eigenvalue weighted by Crippen LogP contribution is -2.41. The van der Waals surface area contributed by atoms with Gasteiger partial charge in [0, 0.05) is 32.4 Å². The standard InChI is InChI=1S/C27H47N3O12S/c1-20(31)5-9-39-13-15-41-17-18-42-16-14-40-11-7-28-24(33)4-3-22(21(2)32)30-25(34)6-10-38-12-8-29-27(37)23(43)19-26(35)36/h22-23,43H,3-19H2,1-2H3,(H,28,33)(H,29,37)(H,30,34)(H,35,36)/t22-,23?/m0/s1. The fraction of sp³-hybridized carbons (Fsp3) is 0.778. The minimum Gasteiger partial charge on any atom is -0.481 e. The van der Waals surface area contributed by atoms with Gasteiger partial charge in [-0.1, -0.05) is 0 Å². The Kier molecular flexibility index (Phi) is 25.3. The molecule has 15 nitrogen and oxygen atoms in total. The molecule has 0 spiro atoms. The van der Waals surface area contributed by atoms with Gasteiger partial charge in [-0.25, -0.2) is 0 Å². The van der Waals surface area contributed by atoms with E-state index in [1.165, 1.54) is 13.8 Å². The number of Topliss-reactive ketones (excluding diaryl/α,β-unsaturated/α-hetero) is 2. The third kappa shape index (κ3) is 26.7. The third-order valence-electron chi connectivity index (χ3n) is 5.46. The number of carbonyl (C=O) groups excluding carboxylic acids is 5. The molecule has 0 bridgehead atoms. The van der Waals surface area contributed by atoms with E-state index in [0.717, 1.165) is 0 Å². The summed E-state index contributed by atoms with van der Waals surface area (Å²) in [7, 11) is 0. The van der Waals surface area contributed by atoms with Crippen LogP contribution in [0.2, 0.25) is 0 Å². The van der Waals surface area contributed by atoms with E-state index in [0.29, 0.717) is 52.7 Å². The second-order valence-electron chi connectivity index (χ2n) is 9.29. The summed E-state index contributed by atoms with van der Waals surface area (Å²) in [5, 5.41) is 15.4. The van der Waals surface area contributed by atoms with E-state index in [2.05, 4.69) is 28.6 Å². The maximum atomic E-state index is 12.1. The molecule has 0 radical (unpaired) electrons. The highest BCUT2D eigenvalue weighted by atomic mass is 32.1. The van der Waals surface area contributed by atoms with Crippen molar-refractivity contribution in [2.75, 3.05) is 79.2 Å². The van der Waals surface area contributed by atoms with Crippen molar-refractivity contribution in [3.05, 3.63) is 0 Å². The fourth-order valence-electron chi connectivity index (χ4n) is 3.14. The molecule has 248 valence electrons. The SMILES string of the molecule is CC(=O)CCOCCOCCOCCOCCNC(=O)CC[C@H](NC(=O)CCOCCNC(=O)C(S)CC(=O)O)C(C)=O. The van der Waals surface area contributed by atoms with Gasteiger partial charge >= 0.3 is 5.97 Å². The second-order valence-corrected chi connectivity index (χ2v) is 9.91. The summed E-state index contributed by atoms with van der Waals surface area (Å²) in [6.07, 6.45) is 0.158. The van der Waals surface area contributed by atoms with Crippen molar-refractivity contribution in [1.29, 1.82) is 0 Å². The van der Waals surface area contributed by atoms with Crippen LogP contribution in [0.3, 0.4) is 0 Å². The molecule has 3 amide bonds. The van der Waals surface area contributed by atoms with Crippen LogP contribution in [0.1, 0.15) is 46.0 Å². The molecule has 0 rings (SSSR count). The zero-order valence-electron chi connectivity index (χ0n) is 25.1.